The van der Waals surface area contributed by atoms with Crippen LogP contribution in [0, 0.1) is 19.8 Å². The predicted octanol–water partition coefficient (Wildman–Crippen LogP) is 3.06. The van der Waals surface area contributed by atoms with Crippen LogP contribution >= 0.6 is 0 Å². The smallest absolute Gasteiger partial charge is 0.253 e. The largest absolute Gasteiger partial charge is 0.368 e. The second kappa shape index (κ2) is 5.53. The van der Waals surface area contributed by atoms with Crippen LogP contribution in [0.1, 0.15) is 30.9 Å². The van der Waals surface area contributed by atoms with E-state index in [0.29, 0.717) is 12.5 Å². The quantitative estimate of drug-likeness (QED) is 0.868. The molecule has 98 valence electrons. The molecule has 1 saturated carbocycles. The third kappa shape index (κ3) is 3.57. The summed E-state index contributed by atoms with van der Waals surface area (Å²) >= 11 is 0. The zero-order valence-electron chi connectivity index (χ0n) is 11.3. The van der Waals surface area contributed by atoms with Crippen LogP contribution in [0.4, 0.5) is 5.69 Å². The summed E-state index contributed by atoms with van der Waals surface area (Å²) in [5.41, 5.74) is 3.25. The van der Waals surface area contributed by atoms with E-state index in [2.05, 4.69) is 12.2 Å². The van der Waals surface area contributed by atoms with Gasteiger partial charge in [-0.1, -0.05) is 6.07 Å². The minimum absolute atomic E-state index is 0.0705. The van der Waals surface area contributed by atoms with Gasteiger partial charge in [0.25, 0.3) is 5.91 Å². The number of nitrogens with one attached hydrogen (secondary N) is 1. The highest BCUT2D eigenvalue weighted by molar-refractivity contribution is 5.94. The van der Waals surface area contributed by atoms with E-state index in [1.165, 1.54) is 24.0 Å². The van der Waals surface area contributed by atoms with Crippen molar-refractivity contribution in [3.63, 3.8) is 0 Å². The van der Waals surface area contributed by atoms with Crippen LogP contribution in [-0.2, 0) is 9.53 Å². The molecule has 1 fully saturated rings. The van der Waals surface area contributed by atoms with Gasteiger partial charge in [-0.25, -0.2) is 0 Å². The molecule has 1 aromatic carbocycles. The van der Waals surface area contributed by atoms with Crippen molar-refractivity contribution in [3.8, 4) is 0 Å². The van der Waals surface area contributed by atoms with Gasteiger partial charge in [0, 0.05) is 5.69 Å². The maximum absolute atomic E-state index is 11.9. The lowest BCUT2D eigenvalue weighted by Gasteiger charge is -2.13. The summed E-state index contributed by atoms with van der Waals surface area (Å²) in [5, 5.41) is 2.89. The fourth-order valence-corrected chi connectivity index (χ4v) is 1.70. The number of amides is 1. The van der Waals surface area contributed by atoms with Gasteiger partial charge < -0.3 is 10.1 Å². The van der Waals surface area contributed by atoms with Crippen molar-refractivity contribution >= 4 is 11.6 Å². The lowest BCUT2D eigenvalue weighted by molar-refractivity contribution is -0.126. The van der Waals surface area contributed by atoms with Crippen molar-refractivity contribution in [2.75, 3.05) is 11.9 Å². The van der Waals surface area contributed by atoms with Gasteiger partial charge in [-0.15, -0.1) is 0 Å². The Kier molecular flexibility index (Phi) is 4.02. The van der Waals surface area contributed by atoms with Crippen molar-refractivity contribution in [1.82, 2.24) is 0 Å². The molecule has 1 amide bonds. The maximum atomic E-state index is 11.9. The third-order valence-corrected chi connectivity index (χ3v) is 3.42. The van der Waals surface area contributed by atoms with Crippen molar-refractivity contribution in [1.29, 1.82) is 0 Å². The normalized spacial score (nSPS) is 16.4. The highest BCUT2D eigenvalue weighted by Gasteiger charge is 2.24. The zero-order valence-corrected chi connectivity index (χ0v) is 11.3. The Balaban J connectivity index is 1.86. The molecule has 1 unspecified atom stereocenters. The first-order chi connectivity index (χ1) is 8.56. The molecule has 0 aliphatic heterocycles. The first-order valence-corrected chi connectivity index (χ1v) is 6.56. The molecule has 1 N–H and O–H groups in total. The Morgan fingerprint density at radius 3 is 2.72 bits per heavy atom. The summed E-state index contributed by atoms with van der Waals surface area (Å²) in [6.45, 7) is 6.61. The number of rotatable bonds is 5. The van der Waals surface area contributed by atoms with Crippen molar-refractivity contribution in [2.45, 2.75) is 39.7 Å². The molecule has 0 aromatic heterocycles. The van der Waals surface area contributed by atoms with E-state index in [0.717, 1.165) is 5.69 Å². The fraction of sp³-hybridized carbons (Fsp3) is 0.533. The maximum Gasteiger partial charge on any atom is 0.253 e. The lowest BCUT2D eigenvalue weighted by Crippen LogP contribution is -2.28. The molecule has 3 heteroatoms. The van der Waals surface area contributed by atoms with Crippen LogP contribution in [0.15, 0.2) is 18.2 Å². The van der Waals surface area contributed by atoms with Crippen molar-refractivity contribution in [2.24, 2.45) is 5.92 Å². The van der Waals surface area contributed by atoms with Gasteiger partial charge in [0.2, 0.25) is 0 Å². The van der Waals surface area contributed by atoms with Crippen LogP contribution in [0.3, 0.4) is 0 Å². The van der Waals surface area contributed by atoms with Gasteiger partial charge >= 0.3 is 0 Å². The molecule has 0 saturated heterocycles. The standard InChI is InChI=1S/C15H21NO2/c1-10-4-7-14(8-11(10)2)16-15(17)12(3)18-9-13-5-6-13/h4,7-8,12-13H,5-6,9H2,1-3H3,(H,16,17). The number of hydrogen-bond acceptors (Lipinski definition) is 2. The SMILES string of the molecule is Cc1ccc(NC(=O)C(C)OCC2CC2)cc1C. The van der Waals surface area contributed by atoms with Gasteiger partial charge in [0.15, 0.2) is 0 Å². The molecular weight excluding hydrogens is 226 g/mol. The van der Waals surface area contributed by atoms with E-state index in [9.17, 15) is 4.79 Å². The second-order valence-electron chi connectivity index (χ2n) is 5.21. The molecule has 0 radical (unpaired) electrons. The van der Waals surface area contributed by atoms with E-state index in [1.54, 1.807) is 6.92 Å². The van der Waals surface area contributed by atoms with E-state index in [-0.39, 0.29) is 12.0 Å². The highest BCUT2D eigenvalue weighted by atomic mass is 16.5. The molecule has 1 aromatic rings. The molecule has 1 aliphatic rings. The molecular formula is C15H21NO2. The van der Waals surface area contributed by atoms with Crippen LogP contribution in [0.5, 0.6) is 0 Å². The summed E-state index contributed by atoms with van der Waals surface area (Å²) in [6.07, 6.45) is 2.10. The molecule has 18 heavy (non-hydrogen) atoms. The Labute approximate surface area is 109 Å². The topological polar surface area (TPSA) is 38.3 Å². The summed E-state index contributed by atoms with van der Waals surface area (Å²) < 4.78 is 5.54. The molecule has 0 heterocycles. The minimum atomic E-state index is -0.382. The third-order valence-electron chi connectivity index (χ3n) is 3.42. The van der Waals surface area contributed by atoms with E-state index in [1.807, 2.05) is 25.1 Å². The predicted molar refractivity (Wildman–Crippen MR) is 72.7 cm³/mol. The van der Waals surface area contributed by atoms with E-state index >= 15 is 0 Å². The average molecular weight is 247 g/mol. The Morgan fingerprint density at radius 1 is 1.39 bits per heavy atom. The summed E-state index contributed by atoms with van der Waals surface area (Å²) in [7, 11) is 0. The van der Waals surface area contributed by atoms with Crippen molar-refractivity contribution < 1.29 is 9.53 Å². The molecule has 0 bridgehead atoms. The molecule has 1 aliphatic carbocycles. The molecule has 0 spiro atoms. The van der Waals surface area contributed by atoms with Crippen molar-refractivity contribution in [3.05, 3.63) is 29.3 Å². The fourth-order valence-electron chi connectivity index (χ4n) is 1.70. The van der Waals surface area contributed by atoms with Crippen LogP contribution in [0.2, 0.25) is 0 Å². The highest BCUT2D eigenvalue weighted by Crippen LogP contribution is 2.29. The van der Waals surface area contributed by atoms with Gasteiger partial charge in [-0.2, -0.15) is 0 Å². The van der Waals surface area contributed by atoms with Gasteiger partial charge in [0.1, 0.15) is 6.10 Å². The number of anilines is 1. The first kappa shape index (κ1) is 13.1. The van der Waals surface area contributed by atoms with E-state index < -0.39 is 0 Å². The lowest BCUT2D eigenvalue weighted by atomic mass is 10.1. The molecule has 3 nitrogen and oxygen atoms in total. The summed E-state index contributed by atoms with van der Waals surface area (Å²) in [4.78, 5) is 11.9. The Hall–Kier alpha value is -1.35. The number of benzene rings is 1. The number of carbonyl (C=O) groups excluding carboxylic acids is 1. The monoisotopic (exact) mass is 247 g/mol. The van der Waals surface area contributed by atoms with Gasteiger partial charge in [0.05, 0.1) is 6.61 Å². The van der Waals surface area contributed by atoms with E-state index in [4.69, 9.17) is 4.74 Å². The summed E-state index contributed by atoms with van der Waals surface area (Å²) in [5.74, 6) is 0.612. The average Bonchev–Trinajstić information content (AvgIpc) is 3.14. The zero-order chi connectivity index (χ0) is 13.1. The van der Waals surface area contributed by atoms with Gasteiger partial charge in [-0.3, -0.25) is 4.79 Å². The minimum Gasteiger partial charge on any atom is -0.368 e. The Morgan fingerprint density at radius 2 is 2.11 bits per heavy atom. The first-order valence-electron chi connectivity index (χ1n) is 6.56. The number of aryl methyl sites for hydroxylation is 2. The van der Waals surface area contributed by atoms with Crippen LogP contribution in [0.25, 0.3) is 0 Å². The Bertz CT molecular complexity index is 438. The molecule has 2 rings (SSSR count). The number of carbonyl (C=O) groups is 1. The van der Waals surface area contributed by atoms with Gasteiger partial charge in [-0.05, 0) is 62.8 Å². The number of ether oxygens (including phenoxy) is 1. The van der Waals surface area contributed by atoms with Crippen LogP contribution in [-0.4, -0.2) is 18.6 Å². The second-order valence-corrected chi connectivity index (χ2v) is 5.21. The number of hydrogen-bond donors (Lipinski definition) is 1. The summed E-state index contributed by atoms with van der Waals surface area (Å²) in [6, 6.07) is 5.93. The molecule has 1 atom stereocenters. The van der Waals surface area contributed by atoms with Crippen LogP contribution < -0.4 is 5.32 Å².